The molecular formula is C15H18N2O. The van der Waals surface area contributed by atoms with Crippen molar-refractivity contribution in [3.05, 3.63) is 52.8 Å². The van der Waals surface area contributed by atoms with Crippen LogP contribution in [0.1, 0.15) is 22.3 Å². The third-order valence-electron chi connectivity index (χ3n) is 3.28. The van der Waals surface area contributed by atoms with E-state index in [2.05, 4.69) is 31.0 Å². The smallest absolute Gasteiger partial charge is 0.125 e. The number of nitrogen functional groups attached to an aromatic ring is 1. The number of nitrogens with zero attached hydrogens (tertiary/aromatic N) is 1. The van der Waals surface area contributed by atoms with Gasteiger partial charge in [0.15, 0.2) is 0 Å². The van der Waals surface area contributed by atoms with Gasteiger partial charge in [-0.2, -0.15) is 0 Å². The second-order valence-electron chi connectivity index (χ2n) is 4.45. The van der Waals surface area contributed by atoms with Crippen molar-refractivity contribution >= 4 is 5.69 Å². The normalized spacial score (nSPS) is 10.4. The first kappa shape index (κ1) is 12.4. The molecule has 1 aromatic heterocycles. The van der Waals surface area contributed by atoms with Crippen molar-refractivity contribution in [1.29, 1.82) is 0 Å². The second-order valence-corrected chi connectivity index (χ2v) is 4.45. The number of hydrogen-bond acceptors (Lipinski definition) is 3. The Balaban J connectivity index is 2.41. The van der Waals surface area contributed by atoms with Crippen molar-refractivity contribution in [3.8, 4) is 5.75 Å². The molecule has 0 saturated heterocycles. The number of aryl methyl sites for hydroxylation is 1. The number of pyridine rings is 1. The summed E-state index contributed by atoms with van der Waals surface area (Å²) in [6, 6.07) is 6.02. The van der Waals surface area contributed by atoms with Crippen LogP contribution in [0.2, 0.25) is 0 Å². The minimum atomic E-state index is 0.740. The fourth-order valence-electron chi connectivity index (χ4n) is 2.06. The molecule has 0 aliphatic heterocycles. The number of aromatic nitrogens is 1. The van der Waals surface area contributed by atoms with E-state index in [0.29, 0.717) is 0 Å². The van der Waals surface area contributed by atoms with Gasteiger partial charge < -0.3 is 10.5 Å². The highest BCUT2D eigenvalue weighted by Crippen LogP contribution is 2.28. The van der Waals surface area contributed by atoms with Crippen LogP contribution in [0.3, 0.4) is 0 Å². The van der Waals surface area contributed by atoms with Gasteiger partial charge in [-0.25, -0.2) is 0 Å². The summed E-state index contributed by atoms with van der Waals surface area (Å²) in [4.78, 5) is 4.12. The number of hydrogen-bond donors (Lipinski definition) is 1. The number of anilines is 1. The molecule has 0 fully saturated rings. The number of benzene rings is 1. The summed E-state index contributed by atoms with van der Waals surface area (Å²) in [7, 11) is 1.71. The number of methoxy groups -OCH3 is 1. The third kappa shape index (κ3) is 2.30. The van der Waals surface area contributed by atoms with Crippen molar-refractivity contribution in [3.63, 3.8) is 0 Å². The molecule has 0 aliphatic rings. The molecule has 0 unspecified atom stereocenters. The van der Waals surface area contributed by atoms with Gasteiger partial charge in [-0.15, -0.1) is 0 Å². The molecule has 0 amide bonds. The zero-order chi connectivity index (χ0) is 13.1. The SMILES string of the molecule is COc1c(Cc2cnccc2N)ccc(C)c1C. The Kier molecular flexibility index (Phi) is 3.51. The maximum Gasteiger partial charge on any atom is 0.125 e. The van der Waals surface area contributed by atoms with E-state index in [1.165, 1.54) is 11.1 Å². The predicted octanol–water partition coefficient (Wildman–Crippen LogP) is 2.88. The summed E-state index contributed by atoms with van der Waals surface area (Å²) < 4.78 is 5.51. The Morgan fingerprint density at radius 3 is 2.61 bits per heavy atom. The first-order valence-electron chi connectivity index (χ1n) is 5.95. The lowest BCUT2D eigenvalue weighted by Gasteiger charge is -2.14. The zero-order valence-electron chi connectivity index (χ0n) is 11.0. The monoisotopic (exact) mass is 242 g/mol. The zero-order valence-corrected chi connectivity index (χ0v) is 11.0. The Morgan fingerprint density at radius 1 is 1.17 bits per heavy atom. The molecule has 3 heteroatoms. The topological polar surface area (TPSA) is 48.1 Å². The van der Waals surface area contributed by atoms with Crippen LogP contribution in [0.25, 0.3) is 0 Å². The molecule has 94 valence electrons. The highest BCUT2D eigenvalue weighted by Gasteiger charge is 2.10. The van der Waals surface area contributed by atoms with Gasteiger partial charge in [0.05, 0.1) is 7.11 Å². The van der Waals surface area contributed by atoms with E-state index in [-0.39, 0.29) is 0 Å². The summed E-state index contributed by atoms with van der Waals surface area (Å²) in [5.74, 6) is 0.943. The Hall–Kier alpha value is -2.03. The van der Waals surface area contributed by atoms with Crippen LogP contribution in [0, 0.1) is 13.8 Å². The fourth-order valence-corrected chi connectivity index (χ4v) is 2.06. The molecule has 0 atom stereocenters. The summed E-state index contributed by atoms with van der Waals surface area (Å²) >= 11 is 0. The van der Waals surface area contributed by atoms with Gasteiger partial charge >= 0.3 is 0 Å². The summed E-state index contributed by atoms with van der Waals surface area (Å²) in [5.41, 5.74) is 11.3. The lowest BCUT2D eigenvalue weighted by molar-refractivity contribution is 0.407. The molecule has 0 radical (unpaired) electrons. The highest BCUT2D eigenvalue weighted by molar-refractivity contribution is 5.51. The van der Waals surface area contributed by atoms with Crippen LogP contribution in [0.15, 0.2) is 30.6 Å². The van der Waals surface area contributed by atoms with Crippen molar-refractivity contribution in [2.45, 2.75) is 20.3 Å². The quantitative estimate of drug-likeness (QED) is 0.900. The van der Waals surface area contributed by atoms with Crippen molar-refractivity contribution in [2.75, 3.05) is 12.8 Å². The number of nitrogens with two attached hydrogens (primary N) is 1. The highest BCUT2D eigenvalue weighted by atomic mass is 16.5. The van der Waals surface area contributed by atoms with Gasteiger partial charge in [0, 0.05) is 24.5 Å². The van der Waals surface area contributed by atoms with Gasteiger partial charge in [0.25, 0.3) is 0 Å². The Labute approximate surface area is 108 Å². The molecule has 1 aromatic carbocycles. The maximum atomic E-state index is 5.95. The first-order valence-corrected chi connectivity index (χ1v) is 5.95. The molecule has 3 nitrogen and oxygen atoms in total. The van der Waals surface area contributed by atoms with Crippen molar-refractivity contribution in [2.24, 2.45) is 0 Å². The first-order chi connectivity index (χ1) is 8.63. The predicted molar refractivity (Wildman–Crippen MR) is 73.9 cm³/mol. The summed E-state index contributed by atoms with van der Waals surface area (Å²) in [6.45, 7) is 4.16. The van der Waals surface area contributed by atoms with E-state index in [0.717, 1.165) is 29.0 Å². The molecule has 0 bridgehead atoms. The van der Waals surface area contributed by atoms with E-state index in [1.807, 2.05) is 12.3 Å². The fraction of sp³-hybridized carbons (Fsp3) is 0.267. The number of rotatable bonds is 3. The van der Waals surface area contributed by atoms with Gasteiger partial charge in [-0.3, -0.25) is 4.98 Å². The van der Waals surface area contributed by atoms with Crippen LogP contribution >= 0.6 is 0 Å². The molecule has 2 aromatic rings. The van der Waals surface area contributed by atoms with Crippen LogP contribution in [-0.4, -0.2) is 12.1 Å². The molecule has 2 rings (SSSR count). The second kappa shape index (κ2) is 5.08. The lowest BCUT2D eigenvalue weighted by Crippen LogP contribution is -2.00. The van der Waals surface area contributed by atoms with Crippen molar-refractivity contribution in [1.82, 2.24) is 4.98 Å². The largest absolute Gasteiger partial charge is 0.496 e. The van der Waals surface area contributed by atoms with E-state index in [9.17, 15) is 0 Å². The van der Waals surface area contributed by atoms with E-state index in [4.69, 9.17) is 10.5 Å². The Morgan fingerprint density at radius 2 is 1.94 bits per heavy atom. The van der Waals surface area contributed by atoms with Crippen LogP contribution in [0.5, 0.6) is 5.75 Å². The van der Waals surface area contributed by atoms with Gasteiger partial charge in [0.2, 0.25) is 0 Å². The van der Waals surface area contributed by atoms with E-state index < -0.39 is 0 Å². The van der Waals surface area contributed by atoms with Gasteiger partial charge in [0.1, 0.15) is 5.75 Å². The minimum Gasteiger partial charge on any atom is -0.496 e. The number of ether oxygens (including phenoxy) is 1. The molecular weight excluding hydrogens is 224 g/mol. The van der Waals surface area contributed by atoms with E-state index in [1.54, 1.807) is 13.3 Å². The third-order valence-corrected chi connectivity index (χ3v) is 3.28. The lowest BCUT2D eigenvalue weighted by atomic mass is 9.99. The van der Waals surface area contributed by atoms with Crippen LogP contribution < -0.4 is 10.5 Å². The molecule has 1 heterocycles. The average molecular weight is 242 g/mol. The molecule has 2 N–H and O–H groups in total. The van der Waals surface area contributed by atoms with E-state index >= 15 is 0 Å². The maximum absolute atomic E-state index is 5.95. The van der Waals surface area contributed by atoms with Gasteiger partial charge in [-0.05, 0) is 42.2 Å². The summed E-state index contributed by atoms with van der Waals surface area (Å²) in [6.07, 6.45) is 4.25. The molecule has 18 heavy (non-hydrogen) atoms. The molecule has 0 aliphatic carbocycles. The van der Waals surface area contributed by atoms with Crippen LogP contribution in [0.4, 0.5) is 5.69 Å². The minimum absolute atomic E-state index is 0.740. The Bertz CT molecular complexity index is 564. The molecule has 0 spiro atoms. The standard InChI is InChI=1S/C15H18N2O/c1-10-4-5-12(15(18-3)11(10)2)8-13-9-17-7-6-14(13)16/h4-7,9H,8H2,1-3H3,(H2,16,17). The molecule has 0 saturated carbocycles. The van der Waals surface area contributed by atoms with Gasteiger partial charge in [-0.1, -0.05) is 12.1 Å². The summed E-state index contributed by atoms with van der Waals surface area (Å²) in [5, 5.41) is 0. The average Bonchev–Trinajstić information content (AvgIpc) is 2.37. The van der Waals surface area contributed by atoms with Crippen molar-refractivity contribution < 1.29 is 4.74 Å². The van der Waals surface area contributed by atoms with Crippen LogP contribution in [-0.2, 0) is 6.42 Å².